The number of likely N-dealkylation sites (tertiary alicyclic amines) is 1. The van der Waals surface area contributed by atoms with Crippen molar-refractivity contribution in [1.29, 1.82) is 0 Å². The van der Waals surface area contributed by atoms with Gasteiger partial charge in [0.25, 0.3) is 0 Å². The molecule has 0 aliphatic carbocycles. The third kappa shape index (κ3) is 4.12. The number of phenolic OH excluding ortho intramolecular Hbond substituents is 1. The molecule has 1 fully saturated rings. The summed E-state index contributed by atoms with van der Waals surface area (Å²) in [6.45, 7) is 8.67. The van der Waals surface area contributed by atoms with Gasteiger partial charge < -0.3 is 9.84 Å². The van der Waals surface area contributed by atoms with Crippen molar-refractivity contribution in [3.05, 3.63) is 24.8 Å². The van der Waals surface area contributed by atoms with Crippen LogP contribution >= 0.6 is 45.2 Å². The van der Waals surface area contributed by atoms with Crippen molar-refractivity contribution in [2.45, 2.75) is 57.7 Å². The number of halogens is 2. The van der Waals surface area contributed by atoms with E-state index in [9.17, 15) is 9.90 Å². The summed E-state index contributed by atoms with van der Waals surface area (Å²) in [6.07, 6.45) is 1.40. The van der Waals surface area contributed by atoms with Crippen LogP contribution in [0.4, 0.5) is 0 Å². The van der Waals surface area contributed by atoms with Crippen LogP contribution in [0.2, 0.25) is 0 Å². The maximum atomic E-state index is 12.5. The number of rotatable bonds is 2. The quantitative estimate of drug-likeness (QED) is 0.444. The van der Waals surface area contributed by atoms with E-state index < -0.39 is 5.97 Å². The zero-order valence-corrected chi connectivity index (χ0v) is 18.4. The van der Waals surface area contributed by atoms with Crippen LogP contribution in [0.5, 0.6) is 5.75 Å². The van der Waals surface area contributed by atoms with Crippen LogP contribution in [0.3, 0.4) is 0 Å². The molecule has 0 radical (unpaired) electrons. The summed E-state index contributed by atoms with van der Waals surface area (Å²) in [7, 11) is 2.12. The van der Waals surface area contributed by atoms with Crippen molar-refractivity contribution >= 4 is 51.2 Å². The molecule has 1 aromatic rings. The molecular formula is C17H23I2NO3. The molecule has 0 unspecified atom stereocenters. The number of esters is 1. The maximum Gasteiger partial charge on any atom is 0.342 e. The summed E-state index contributed by atoms with van der Waals surface area (Å²) in [4.78, 5) is 14.9. The molecule has 1 N–H and O–H groups in total. The molecule has 0 amide bonds. The highest BCUT2D eigenvalue weighted by Gasteiger charge is 2.44. The number of piperidine rings is 1. The van der Waals surface area contributed by atoms with Crippen LogP contribution in [-0.4, -0.2) is 40.2 Å². The summed E-state index contributed by atoms with van der Waals surface area (Å²) in [5.74, 6) is -0.442. The van der Waals surface area contributed by atoms with Gasteiger partial charge in [-0.25, -0.2) is 4.79 Å². The van der Waals surface area contributed by atoms with Crippen LogP contribution in [0.25, 0.3) is 0 Å². The van der Waals surface area contributed by atoms with Crippen LogP contribution in [0.15, 0.2) is 12.1 Å². The number of phenols is 1. The zero-order chi connectivity index (χ0) is 17.6. The van der Waals surface area contributed by atoms with E-state index in [-0.39, 0.29) is 28.5 Å². The fraction of sp³-hybridized carbons (Fsp3) is 0.588. The van der Waals surface area contributed by atoms with E-state index in [0.29, 0.717) is 3.57 Å². The van der Waals surface area contributed by atoms with Gasteiger partial charge >= 0.3 is 5.97 Å². The Morgan fingerprint density at radius 1 is 1.22 bits per heavy atom. The molecule has 1 heterocycles. The Bertz CT molecular complexity index is 611. The van der Waals surface area contributed by atoms with Crippen LogP contribution in [0, 0.1) is 7.14 Å². The van der Waals surface area contributed by atoms with Gasteiger partial charge in [-0.05, 0) is 92.1 Å². The van der Waals surface area contributed by atoms with Gasteiger partial charge in [0.15, 0.2) is 0 Å². The molecule has 6 heteroatoms. The molecule has 0 saturated carbocycles. The summed E-state index contributed by atoms with van der Waals surface area (Å²) < 4.78 is 7.32. The van der Waals surface area contributed by atoms with E-state index in [4.69, 9.17) is 4.74 Å². The average molecular weight is 543 g/mol. The lowest BCUT2D eigenvalue weighted by Gasteiger charge is -2.53. The predicted octanol–water partition coefficient (Wildman–Crippen LogP) is 4.41. The first-order chi connectivity index (χ1) is 10.4. The van der Waals surface area contributed by atoms with Crippen LogP contribution in [-0.2, 0) is 4.74 Å². The van der Waals surface area contributed by atoms with Crippen molar-refractivity contribution in [2.24, 2.45) is 0 Å². The molecule has 1 aliphatic heterocycles. The number of hydrogen-bond donors (Lipinski definition) is 1. The number of ether oxygens (including phenoxy) is 1. The molecule has 1 saturated heterocycles. The number of carbonyl (C=O) groups excluding carboxylic acids is 1. The summed E-state index contributed by atoms with van der Waals surface area (Å²) >= 11 is 4.16. The zero-order valence-electron chi connectivity index (χ0n) is 14.1. The SMILES string of the molecule is CN1C(C)(C)CC(OC(=O)c2cc(I)cc(I)c2O)CC1(C)C. The normalized spacial score (nSPS) is 21.2. The second-order valence-corrected chi connectivity index (χ2v) is 9.81. The van der Waals surface area contributed by atoms with Gasteiger partial charge in [0, 0.05) is 27.5 Å². The lowest BCUT2D eigenvalue weighted by Crippen LogP contribution is -2.60. The van der Waals surface area contributed by atoms with E-state index in [1.54, 1.807) is 6.07 Å². The van der Waals surface area contributed by atoms with E-state index in [1.165, 1.54) is 0 Å². The van der Waals surface area contributed by atoms with Crippen LogP contribution in [0.1, 0.15) is 50.9 Å². The Kier molecular flexibility index (Phi) is 5.58. The molecule has 0 aromatic heterocycles. The fourth-order valence-corrected chi connectivity index (χ4v) is 5.14. The third-order valence-corrected chi connectivity index (χ3v) is 6.24. The Balaban J connectivity index is 2.21. The highest BCUT2D eigenvalue weighted by atomic mass is 127. The molecular weight excluding hydrogens is 520 g/mol. The monoisotopic (exact) mass is 543 g/mol. The van der Waals surface area contributed by atoms with Crippen molar-refractivity contribution in [3.63, 3.8) is 0 Å². The van der Waals surface area contributed by atoms with Crippen molar-refractivity contribution < 1.29 is 14.6 Å². The molecule has 0 bridgehead atoms. The molecule has 4 nitrogen and oxygen atoms in total. The Morgan fingerprint density at radius 2 is 1.74 bits per heavy atom. The second kappa shape index (κ2) is 6.67. The molecule has 1 aromatic carbocycles. The van der Waals surface area contributed by atoms with E-state index in [1.807, 2.05) is 28.7 Å². The minimum atomic E-state index is -0.444. The third-order valence-electron chi connectivity index (χ3n) is 4.79. The lowest BCUT2D eigenvalue weighted by atomic mass is 9.79. The highest BCUT2D eigenvalue weighted by molar-refractivity contribution is 14.1. The summed E-state index contributed by atoms with van der Waals surface area (Å²) in [5.41, 5.74) is 0.151. The van der Waals surface area contributed by atoms with Crippen molar-refractivity contribution in [2.75, 3.05) is 7.05 Å². The first-order valence-electron chi connectivity index (χ1n) is 7.57. The van der Waals surface area contributed by atoms with E-state index in [2.05, 4.69) is 62.2 Å². The molecule has 2 rings (SSSR count). The topological polar surface area (TPSA) is 49.8 Å². The molecule has 23 heavy (non-hydrogen) atoms. The Hall–Kier alpha value is -0.0900. The van der Waals surface area contributed by atoms with Gasteiger partial charge in [-0.15, -0.1) is 0 Å². The van der Waals surface area contributed by atoms with Gasteiger partial charge in [0.1, 0.15) is 17.4 Å². The lowest BCUT2D eigenvalue weighted by molar-refractivity contribution is -0.0732. The number of nitrogens with zero attached hydrogens (tertiary/aromatic N) is 1. The number of carbonyl (C=O) groups is 1. The standard InChI is InChI=1S/C17H23I2NO3/c1-16(2)8-11(9-17(3,4)20(16)5)23-15(22)12-6-10(18)7-13(19)14(12)21/h6-7,11,21H,8-9H2,1-5H3. The maximum absolute atomic E-state index is 12.5. The molecule has 0 atom stereocenters. The summed E-state index contributed by atoms with van der Waals surface area (Å²) in [5, 5.41) is 10.1. The molecule has 1 aliphatic rings. The number of aromatic hydroxyl groups is 1. The first kappa shape index (κ1) is 19.2. The van der Waals surface area contributed by atoms with Crippen molar-refractivity contribution in [1.82, 2.24) is 4.90 Å². The molecule has 128 valence electrons. The Labute approximate surface area is 165 Å². The Morgan fingerprint density at radius 3 is 2.26 bits per heavy atom. The fourth-order valence-electron chi connectivity index (χ4n) is 3.30. The van der Waals surface area contributed by atoms with Gasteiger partial charge in [0.05, 0.1) is 3.57 Å². The van der Waals surface area contributed by atoms with Gasteiger partial charge in [-0.2, -0.15) is 0 Å². The smallest absolute Gasteiger partial charge is 0.342 e. The van der Waals surface area contributed by atoms with Gasteiger partial charge in [0.2, 0.25) is 0 Å². The van der Waals surface area contributed by atoms with Gasteiger partial charge in [-0.3, -0.25) is 4.90 Å². The first-order valence-corrected chi connectivity index (χ1v) is 9.73. The highest BCUT2D eigenvalue weighted by Crippen LogP contribution is 2.38. The molecule has 0 spiro atoms. The van der Waals surface area contributed by atoms with E-state index in [0.717, 1.165) is 16.4 Å². The van der Waals surface area contributed by atoms with Gasteiger partial charge in [-0.1, -0.05) is 0 Å². The van der Waals surface area contributed by atoms with Crippen LogP contribution < -0.4 is 0 Å². The van der Waals surface area contributed by atoms with Crippen molar-refractivity contribution in [3.8, 4) is 5.75 Å². The number of benzene rings is 1. The predicted molar refractivity (Wildman–Crippen MR) is 108 cm³/mol. The minimum absolute atomic E-state index is 0.00228. The number of hydrogen-bond acceptors (Lipinski definition) is 4. The second-order valence-electron chi connectivity index (χ2n) is 7.40. The minimum Gasteiger partial charge on any atom is -0.506 e. The van der Waals surface area contributed by atoms with E-state index >= 15 is 0 Å². The summed E-state index contributed by atoms with van der Waals surface area (Å²) in [6, 6.07) is 3.50. The largest absolute Gasteiger partial charge is 0.506 e. The average Bonchev–Trinajstić information content (AvgIpc) is 2.39.